The summed E-state index contributed by atoms with van der Waals surface area (Å²) in [4.78, 5) is 11.9. The summed E-state index contributed by atoms with van der Waals surface area (Å²) in [6, 6.07) is 7.98. The Kier molecular flexibility index (Phi) is 4.00. The number of ether oxygens (including phenoxy) is 1. The van der Waals surface area contributed by atoms with Crippen molar-refractivity contribution >= 4 is 5.97 Å². The van der Waals surface area contributed by atoms with Crippen LogP contribution in [0.4, 0.5) is 0 Å². The highest BCUT2D eigenvalue weighted by Crippen LogP contribution is 2.19. The zero-order valence-corrected chi connectivity index (χ0v) is 11.5. The van der Waals surface area contributed by atoms with E-state index >= 15 is 0 Å². The summed E-state index contributed by atoms with van der Waals surface area (Å²) in [7, 11) is 0. The summed E-state index contributed by atoms with van der Waals surface area (Å²) >= 11 is 0. The summed E-state index contributed by atoms with van der Waals surface area (Å²) in [6.45, 7) is 6.21. The summed E-state index contributed by atoms with van der Waals surface area (Å²) in [5.41, 5.74) is 3.55. The molecule has 0 unspecified atom stereocenters. The maximum Gasteiger partial charge on any atom is 0.341 e. The summed E-state index contributed by atoms with van der Waals surface area (Å²) in [5, 5.41) is 4.34. The third-order valence-corrected chi connectivity index (χ3v) is 3.04. The van der Waals surface area contributed by atoms with Crippen LogP contribution in [0.3, 0.4) is 0 Å². The van der Waals surface area contributed by atoms with Gasteiger partial charge in [-0.05, 0) is 31.9 Å². The van der Waals surface area contributed by atoms with E-state index < -0.39 is 0 Å². The van der Waals surface area contributed by atoms with Gasteiger partial charge < -0.3 is 4.74 Å². The second-order valence-corrected chi connectivity index (χ2v) is 4.28. The number of hydrogen-bond donors (Lipinski definition) is 0. The molecule has 2 rings (SSSR count). The number of aryl methyl sites for hydroxylation is 1. The molecule has 0 spiro atoms. The Balaban J connectivity index is 2.49. The smallest absolute Gasteiger partial charge is 0.341 e. The van der Waals surface area contributed by atoms with Crippen molar-refractivity contribution in [2.75, 3.05) is 6.61 Å². The summed E-state index contributed by atoms with van der Waals surface area (Å²) in [6.07, 6.45) is 2.31. The van der Waals surface area contributed by atoms with Gasteiger partial charge in [-0.3, -0.25) is 0 Å². The van der Waals surface area contributed by atoms with Crippen molar-refractivity contribution in [1.29, 1.82) is 0 Å². The van der Waals surface area contributed by atoms with E-state index in [0.29, 0.717) is 12.2 Å². The van der Waals surface area contributed by atoms with E-state index in [9.17, 15) is 4.79 Å². The Morgan fingerprint density at radius 3 is 2.68 bits per heavy atom. The average Bonchev–Trinajstić information content (AvgIpc) is 2.83. The lowest BCUT2D eigenvalue weighted by Gasteiger charge is -2.10. The monoisotopic (exact) mass is 258 g/mol. The van der Waals surface area contributed by atoms with E-state index in [0.717, 1.165) is 23.4 Å². The molecular weight excluding hydrogens is 240 g/mol. The molecule has 0 fully saturated rings. The lowest BCUT2D eigenvalue weighted by atomic mass is 10.1. The molecule has 0 aliphatic rings. The molecule has 0 saturated heterocycles. The van der Waals surface area contributed by atoms with Gasteiger partial charge in [0.25, 0.3) is 0 Å². The molecule has 19 heavy (non-hydrogen) atoms. The zero-order valence-electron chi connectivity index (χ0n) is 11.5. The number of benzene rings is 1. The van der Waals surface area contributed by atoms with Gasteiger partial charge >= 0.3 is 5.97 Å². The number of hydrogen-bond acceptors (Lipinski definition) is 3. The lowest BCUT2D eigenvalue weighted by Crippen LogP contribution is -2.09. The quantitative estimate of drug-likeness (QED) is 0.792. The molecule has 0 atom stereocenters. The van der Waals surface area contributed by atoms with Gasteiger partial charge in [-0.15, -0.1) is 0 Å². The molecule has 4 heteroatoms. The number of rotatable bonds is 4. The third-order valence-electron chi connectivity index (χ3n) is 3.04. The van der Waals surface area contributed by atoms with E-state index in [4.69, 9.17) is 4.74 Å². The second-order valence-electron chi connectivity index (χ2n) is 4.28. The first kappa shape index (κ1) is 13.3. The van der Waals surface area contributed by atoms with Crippen LogP contribution in [0.2, 0.25) is 0 Å². The van der Waals surface area contributed by atoms with Crippen molar-refractivity contribution in [3.05, 3.63) is 47.3 Å². The van der Waals surface area contributed by atoms with Gasteiger partial charge in [0.15, 0.2) is 0 Å². The van der Waals surface area contributed by atoms with E-state index in [1.807, 2.05) is 42.8 Å². The molecule has 2 aromatic rings. The van der Waals surface area contributed by atoms with Gasteiger partial charge in [0.05, 0.1) is 24.2 Å². The molecule has 1 heterocycles. The number of carbonyl (C=O) groups is 1. The van der Waals surface area contributed by atoms with Crippen LogP contribution >= 0.6 is 0 Å². The van der Waals surface area contributed by atoms with Gasteiger partial charge in [0, 0.05) is 0 Å². The van der Waals surface area contributed by atoms with E-state index in [1.54, 1.807) is 13.1 Å². The van der Waals surface area contributed by atoms with Crippen LogP contribution in [0.1, 0.15) is 35.5 Å². The minimum absolute atomic E-state index is 0.306. The molecule has 100 valence electrons. The van der Waals surface area contributed by atoms with Crippen LogP contribution in [0.5, 0.6) is 0 Å². The second kappa shape index (κ2) is 5.69. The first-order valence-corrected chi connectivity index (χ1v) is 6.49. The lowest BCUT2D eigenvalue weighted by molar-refractivity contribution is 0.0525. The van der Waals surface area contributed by atoms with Gasteiger partial charge in [-0.2, -0.15) is 5.10 Å². The molecule has 0 bridgehead atoms. The SMILES string of the molecule is CCOC(=O)c1cnn(-c2ccccc2C)c1CC. The normalized spacial score (nSPS) is 10.5. The van der Waals surface area contributed by atoms with Crippen molar-refractivity contribution in [3.8, 4) is 5.69 Å². The highest BCUT2D eigenvalue weighted by Gasteiger charge is 2.18. The Morgan fingerprint density at radius 1 is 1.32 bits per heavy atom. The van der Waals surface area contributed by atoms with E-state index in [2.05, 4.69) is 5.10 Å². The molecule has 1 aromatic heterocycles. The number of aromatic nitrogens is 2. The van der Waals surface area contributed by atoms with E-state index in [1.165, 1.54) is 0 Å². The molecule has 0 saturated carbocycles. The first-order chi connectivity index (χ1) is 9.19. The fourth-order valence-electron chi connectivity index (χ4n) is 2.10. The Morgan fingerprint density at radius 2 is 2.05 bits per heavy atom. The van der Waals surface area contributed by atoms with Crippen LogP contribution in [-0.2, 0) is 11.2 Å². The fourth-order valence-corrected chi connectivity index (χ4v) is 2.10. The minimum atomic E-state index is -0.306. The zero-order chi connectivity index (χ0) is 13.8. The maximum absolute atomic E-state index is 11.9. The standard InChI is InChI=1S/C15H18N2O2/c1-4-13-12(15(18)19-5-2)10-16-17(13)14-9-7-6-8-11(14)3/h6-10H,4-5H2,1-3H3. The molecule has 1 aromatic carbocycles. The molecule has 0 radical (unpaired) electrons. The Labute approximate surface area is 113 Å². The maximum atomic E-state index is 11.9. The predicted octanol–water partition coefficient (Wildman–Crippen LogP) is 2.92. The minimum Gasteiger partial charge on any atom is -0.462 e. The van der Waals surface area contributed by atoms with Crippen molar-refractivity contribution in [2.24, 2.45) is 0 Å². The summed E-state index contributed by atoms with van der Waals surface area (Å²) < 4.78 is 6.88. The van der Waals surface area contributed by atoms with Crippen LogP contribution < -0.4 is 0 Å². The number of carbonyl (C=O) groups excluding carboxylic acids is 1. The molecule has 0 aliphatic carbocycles. The molecule has 4 nitrogen and oxygen atoms in total. The average molecular weight is 258 g/mol. The Bertz CT molecular complexity index is 588. The van der Waals surface area contributed by atoms with Crippen molar-refractivity contribution in [2.45, 2.75) is 27.2 Å². The van der Waals surface area contributed by atoms with Crippen molar-refractivity contribution in [1.82, 2.24) is 9.78 Å². The van der Waals surface area contributed by atoms with Gasteiger partial charge in [-0.1, -0.05) is 25.1 Å². The number of esters is 1. The molecule has 0 aliphatic heterocycles. The summed E-state index contributed by atoms with van der Waals surface area (Å²) in [5.74, 6) is -0.306. The fraction of sp³-hybridized carbons (Fsp3) is 0.333. The van der Waals surface area contributed by atoms with Crippen LogP contribution in [0.25, 0.3) is 5.69 Å². The van der Waals surface area contributed by atoms with E-state index in [-0.39, 0.29) is 5.97 Å². The molecule has 0 N–H and O–H groups in total. The van der Waals surface area contributed by atoms with Crippen molar-refractivity contribution in [3.63, 3.8) is 0 Å². The van der Waals surface area contributed by atoms with Gasteiger partial charge in [-0.25, -0.2) is 9.48 Å². The topological polar surface area (TPSA) is 44.1 Å². The van der Waals surface area contributed by atoms with Gasteiger partial charge in [0.2, 0.25) is 0 Å². The van der Waals surface area contributed by atoms with Gasteiger partial charge in [0.1, 0.15) is 5.56 Å². The molecule has 0 amide bonds. The largest absolute Gasteiger partial charge is 0.462 e. The number of para-hydroxylation sites is 1. The molecular formula is C15H18N2O2. The highest BCUT2D eigenvalue weighted by atomic mass is 16.5. The van der Waals surface area contributed by atoms with Crippen LogP contribution in [0, 0.1) is 6.92 Å². The first-order valence-electron chi connectivity index (χ1n) is 6.49. The third kappa shape index (κ3) is 2.52. The predicted molar refractivity (Wildman–Crippen MR) is 73.6 cm³/mol. The number of nitrogens with zero attached hydrogens (tertiary/aromatic N) is 2. The Hall–Kier alpha value is -2.10. The highest BCUT2D eigenvalue weighted by molar-refractivity contribution is 5.90. The van der Waals surface area contributed by atoms with Crippen LogP contribution in [0.15, 0.2) is 30.5 Å². The van der Waals surface area contributed by atoms with Crippen LogP contribution in [-0.4, -0.2) is 22.4 Å². The van der Waals surface area contributed by atoms with Crippen molar-refractivity contribution < 1.29 is 9.53 Å².